The van der Waals surface area contributed by atoms with Gasteiger partial charge in [-0.25, -0.2) is 0 Å². The fraction of sp³-hybridized carbons (Fsp3) is 0.611. The molecule has 0 spiro atoms. The predicted molar refractivity (Wildman–Crippen MR) is 95.3 cm³/mol. The van der Waals surface area contributed by atoms with E-state index in [2.05, 4.69) is 42.0 Å². The van der Waals surface area contributed by atoms with Crippen LogP contribution in [0.2, 0.25) is 0 Å². The molecule has 0 aliphatic rings. The maximum Gasteiger partial charge on any atom is 0.257 e. The molecular formula is C18H28BrNO2. The summed E-state index contributed by atoms with van der Waals surface area (Å²) in [6.07, 6.45) is 5.69. The molecule has 1 N–H and O–H groups in total. The summed E-state index contributed by atoms with van der Waals surface area (Å²) in [5.41, 5.74) is 1.24. The van der Waals surface area contributed by atoms with E-state index < -0.39 is 0 Å². The van der Waals surface area contributed by atoms with Crippen LogP contribution in [-0.4, -0.2) is 19.1 Å². The number of aryl methyl sites for hydroxylation is 1. The molecule has 0 saturated carbocycles. The minimum atomic E-state index is -0.0542. The molecule has 124 valence electrons. The van der Waals surface area contributed by atoms with E-state index in [9.17, 15) is 4.79 Å². The lowest BCUT2D eigenvalue weighted by molar-refractivity contribution is -0.123. The molecule has 1 aromatic rings. The quantitative estimate of drug-likeness (QED) is 0.647. The van der Waals surface area contributed by atoms with Gasteiger partial charge in [0.1, 0.15) is 5.75 Å². The second kappa shape index (κ2) is 10.7. The van der Waals surface area contributed by atoms with Crippen LogP contribution < -0.4 is 10.1 Å². The molecule has 0 aromatic heterocycles. The van der Waals surface area contributed by atoms with Gasteiger partial charge in [0.2, 0.25) is 0 Å². The Morgan fingerprint density at radius 1 is 1.32 bits per heavy atom. The van der Waals surface area contributed by atoms with E-state index in [4.69, 9.17) is 4.74 Å². The SMILES string of the molecule is CCCC[C@@H](CC)CNC(=O)COc1ccc(CC)cc1Br. The Morgan fingerprint density at radius 3 is 2.68 bits per heavy atom. The van der Waals surface area contributed by atoms with E-state index in [1.807, 2.05) is 18.2 Å². The van der Waals surface area contributed by atoms with Crippen LogP contribution in [0.5, 0.6) is 5.75 Å². The monoisotopic (exact) mass is 369 g/mol. The summed E-state index contributed by atoms with van der Waals surface area (Å²) >= 11 is 3.48. The number of carbonyl (C=O) groups is 1. The van der Waals surface area contributed by atoms with Crippen LogP contribution in [0.3, 0.4) is 0 Å². The van der Waals surface area contributed by atoms with Crippen molar-refractivity contribution in [1.29, 1.82) is 0 Å². The van der Waals surface area contributed by atoms with Gasteiger partial charge in [-0.05, 0) is 52.4 Å². The van der Waals surface area contributed by atoms with Crippen molar-refractivity contribution >= 4 is 21.8 Å². The van der Waals surface area contributed by atoms with Crippen LogP contribution in [-0.2, 0) is 11.2 Å². The fourth-order valence-corrected chi connectivity index (χ4v) is 2.82. The van der Waals surface area contributed by atoms with Gasteiger partial charge in [0.25, 0.3) is 5.91 Å². The molecule has 0 saturated heterocycles. The molecule has 0 aliphatic carbocycles. The first-order valence-electron chi connectivity index (χ1n) is 8.28. The van der Waals surface area contributed by atoms with Crippen molar-refractivity contribution in [3.05, 3.63) is 28.2 Å². The number of nitrogens with one attached hydrogen (secondary N) is 1. The van der Waals surface area contributed by atoms with E-state index in [-0.39, 0.29) is 12.5 Å². The highest BCUT2D eigenvalue weighted by molar-refractivity contribution is 9.10. The second-order valence-electron chi connectivity index (χ2n) is 5.63. The number of hydrogen-bond acceptors (Lipinski definition) is 2. The molecule has 1 atom stereocenters. The molecule has 22 heavy (non-hydrogen) atoms. The summed E-state index contributed by atoms with van der Waals surface area (Å²) in [7, 11) is 0. The zero-order valence-electron chi connectivity index (χ0n) is 14.0. The maximum atomic E-state index is 11.9. The molecule has 1 aromatic carbocycles. The number of unbranched alkanes of at least 4 members (excludes halogenated alkanes) is 1. The predicted octanol–water partition coefficient (Wildman–Crippen LogP) is 4.72. The van der Waals surface area contributed by atoms with Gasteiger partial charge in [0.15, 0.2) is 6.61 Å². The highest BCUT2D eigenvalue weighted by Gasteiger charge is 2.10. The van der Waals surface area contributed by atoms with E-state index >= 15 is 0 Å². The summed E-state index contributed by atoms with van der Waals surface area (Å²) in [6.45, 7) is 7.29. The lowest BCUT2D eigenvalue weighted by Crippen LogP contribution is -2.33. The van der Waals surface area contributed by atoms with Crippen LogP contribution in [0.1, 0.15) is 52.0 Å². The van der Waals surface area contributed by atoms with Crippen molar-refractivity contribution in [3.8, 4) is 5.75 Å². The van der Waals surface area contributed by atoms with Gasteiger partial charge in [-0.1, -0.05) is 46.1 Å². The second-order valence-corrected chi connectivity index (χ2v) is 6.48. The smallest absolute Gasteiger partial charge is 0.257 e. The third-order valence-electron chi connectivity index (χ3n) is 3.89. The molecule has 1 rings (SSSR count). The van der Waals surface area contributed by atoms with Crippen LogP contribution in [0.25, 0.3) is 0 Å². The molecule has 0 radical (unpaired) electrons. The van der Waals surface area contributed by atoms with Crippen LogP contribution in [0.15, 0.2) is 22.7 Å². The lowest BCUT2D eigenvalue weighted by Gasteiger charge is -2.15. The summed E-state index contributed by atoms with van der Waals surface area (Å²) in [6, 6.07) is 5.97. The number of ether oxygens (including phenoxy) is 1. The third kappa shape index (κ3) is 6.82. The minimum Gasteiger partial charge on any atom is -0.483 e. The third-order valence-corrected chi connectivity index (χ3v) is 4.51. The van der Waals surface area contributed by atoms with E-state index in [1.165, 1.54) is 24.8 Å². The Labute approximate surface area is 143 Å². The fourth-order valence-electron chi connectivity index (χ4n) is 2.28. The normalized spacial score (nSPS) is 12.0. The lowest BCUT2D eigenvalue weighted by atomic mass is 9.99. The van der Waals surface area contributed by atoms with Gasteiger partial charge in [-0.2, -0.15) is 0 Å². The van der Waals surface area contributed by atoms with Gasteiger partial charge in [-0.3, -0.25) is 4.79 Å². The van der Waals surface area contributed by atoms with Crippen molar-refractivity contribution in [1.82, 2.24) is 5.32 Å². The highest BCUT2D eigenvalue weighted by Crippen LogP contribution is 2.26. The Kier molecular flexibility index (Phi) is 9.21. The summed E-state index contributed by atoms with van der Waals surface area (Å²) in [5, 5.41) is 2.98. The Bertz CT molecular complexity index is 462. The zero-order valence-corrected chi connectivity index (χ0v) is 15.5. The summed E-state index contributed by atoms with van der Waals surface area (Å²) in [4.78, 5) is 11.9. The molecule has 0 heterocycles. The van der Waals surface area contributed by atoms with Gasteiger partial charge in [0.05, 0.1) is 4.47 Å². The van der Waals surface area contributed by atoms with Crippen molar-refractivity contribution in [2.24, 2.45) is 5.92 Å². The first kappa shape index (κ1) is 19.0. The average molecular weight is 370 g/mol. The standard InChI is InChI=1S/C18H28BrNO2/c1-4-7-8-15(6-3)12-20-18(21)13-22-17-10-9-14(5-2)11-16(17)19/h9-11,15H,4-8,12-13H2,1-3H3,(H,20,21)/t15-/m1/s1. The molecule has 0 unspecified atom stereocenters. The summed E-state index contributed by atoms with van der Waals surface area (Å²) in [5.74, 6) is 1.23. The van der Waals surface area contributed by atoms with E-state index in [0.717, 1.165) is 23.9 Å². The molecule has 0 aliphatic heterocycles. The molecule has 3 nitrogen and oxygen atoms in total. The Hall–Kier alpha value is -1.03. The first-order valence-corrected chi connectivity index (χ1v) is 9.07. The van der Waals surface area contributed by atoms with Crippen LogP contribution in [0, 0.1) is 5.92 Å². The highest BCUT2D eigenvalue weighted by atomic mass is 79.9. The van der Waals surface area contributed by atoms with Crippen molar-refractivity contribution in [3.63, 3.8) is 0 Å². The molecule has 1 amide bonds. The van der Waals surface area contributed by atoms with Gasteiger partial charge in [-0.15, -0.1) is 0 Å². The molecule has 4 heteroatoms. The Balaban J connectivity index is 2.36. The Morgan fingerprint density at radius 2 is 2.09 bits per heavy atom. The number of hydrogen-bond donors (Lipinski definition) is 1. The largest absolute Gasteiger partial charge is 0.483 e. The number of benzene rings is 1. The molecule has 0 fully saturated rings. The minimum absolute atomic E-state index is 0.0542. The van der Waals surface area contributed by atoms with Crippen molar-refractivity contribution in [2.45, 2.75) is 52.9 Å². The van der Waals surface area contributed by atoms with E-state index in [0.29, 0.717) is 11.7 Å². The number of rotatable bonds is 10. The van der Waals surface area contributed by atoms with Crippen LogP contribution >= 0.6 is 15.9 Å². The van der Waals surface area contributed by atoms with Gasteiger partial charge < -0.3 is 10.1 Å². The van der Waals surface area contributed by atoms with Gasteiger partial charge in [0, 0.05) is 6.54 Å². The van der Waals surface area contributed by atoms with E-state index in [1.54, 1.807) is 0 Å². The number of carbonyl (C=O) groups excluding carboxylic acids is 1. The number of amides is 1. The van der Waals surface area contributed by atoms with Crippen LogP contribution in [0.4, 0.5) is 0 Å². The first-order chi connectivity index (χ1) is 10.6. The van der Waals surface area contributed by atoms with Crippen molar-refractivity contribution < 1.29 is 9.53 Å². The van der Waals surface area contributed by atoms with Crippen molar-refractivity contribution in [2.75, 3.05) is 13.2 Å². The zero-order chi connectivity index (χ0) is 16.4. The average Bonchev–Trinajstić information content (AvgIpc) is 2.53. The number of halogens is 1. The molecule has 0 bridgehead atoms. The molecular weight excluding hydrogens is 342 g/mol. The summed E-state index contributed by atoms with van der Waals surface area (Å²) < 4.78 is 6.48. The topological polar surface area (TPSA) is 38.3 Å². The maximum absolute atomic E-state index is 11.9. The van der Waals surface area contributed by atoms with Gasteiger partial charge >= 0.3 is 0 Å².